The van der Waals surface area contributed by atoms with Gasteiger partial charge in [-0.15, -0.1) is 11.8 Å². The summed E-state index contributed by atoms with van der Waals surface area (Å²) in [5.74, 6) is 0.328. The molecule has 138 valence electrons. The summed E-state index contributed by atoms with van der Waals surface area (Å²) in [4.78, 5) is 17.4. The maximum Gasteiger partial charge on any atom is 0.228 e. The van der Waals surface area contributed by atoms with Crippen LogP contribution in [0.5, 0.6) is 5.75 Å². The van der Waals surface area contributed by atoms with E-state index in [1.165, 1.54) is 19.2 Å². The standard InChI is InChI=1S/C21H19FN2O2S/c1-26-20-9-4-15(11-19(20)22)12-21(25)24-17-5-7-18(8-6-17)27-14-16-3-2-10-23-13-16/h2-11,13H,12,14H2,1H3,(H,24,25). The number of hydrogen-bond acceptors (Lipinski definition) is 4. The molecule has 0 bridgehead atoms. The molecule has 0 spiro atoms. The Kier molecular flexibility index (Phi) is 6.44. The Balaban J connectivity index is 1.53. The van der Waals surface area contributed by atoms with E-state index in [0.29, 0.717) is 11.3 Å². The lowest BCUT2D eigenvalue weighted by molar-refractivity contribution is -0.115. The van der Waals surface area contributed by atoms with Gasteiger partial charge in [0.15, 0.2) is 11.6 Å². The first-order valence-electron chi connectivity index (χ1n) is 8.38. The Morgan fingerprint density at radius 1 is 1.15 bits per heavy atom. The fourth-order valence-electron chi connectivity index (χ4n) is 2.50. The van der Waals surface area contributed by atoms with Crippen molar-refractivity contribution in [3.05, 3.63) is 83.9 Å². The Bertz CT molecular complexity index is 902. The van der Waals surface area contributed by atoms with Gasteiger partial charge < -0.3 is 10.1 Å². The molecule has 3 aromatic rings. The van der Waals surface area contributed by atoms with Gasteiger partial charge in [-0.25, -0.2) is 4.39 Å². The number of rotatable bonds is 7. The van der Waals surface area contributed by atoms with Gasteiger partial charge in [0.2, 0.25) is 5.91 Å². The van der Waals surface area contributed by atoms with E-state index in [4.69, 9.17) is 4.74 Å². The topological polar surface area (TPSA) is 51.2 Å². The number of pyridine rings is 1. The fourth-order valence-corrected chi connectivity index (χ4v) is 3.33. The van der Waals surface area contributed by atoms with E-state index in [0.717, 1.165) is 16.2 Å². The highest BCUT2D eigenvalue weighted by Gasteiger charge is 2.08. The number of amides is 1. The van der Waals surface area contributed by atoms with Crippen molar-refractivity contribution in [2.75, 3.05) is 12.4 Å². The van der Waals surface area contributed by atoms with Crippen molar-refractivity contribution in [1.29, 1.82) is 0 Å². The number of nitrogens with zero attached hydrogens (tertiary/aromatic N) is 1. The maximum absolute atomic E-state index is 13.7. The van der Waals surface area contributed by atoms with Crippen LogP contribution in [0, 0.1) is 5.82 Å². The summed E-state index contributed by atoms with van der Waals surface area (Å²) < 4.78 is 18.6. The zero-order valence-corrected chi connectivity index (χ0v) is 15.6. The first kappa shape index (κ1) is 18.9. The number of ether oxygens (including phenoxy) is 1. The zero-order chi connectivity index (χ0) is 19.1. The lowest BCUT2D eigenvalue weighted by atomic mass is 10.1. The van der Waals surface area contributed by atoms with Crippen molar-refractivity contribution in [3.8, 4) is 5.75 Å². The van der Waals surface area contributed by atoms with Crippen molar-refractivity contribution in [2.45, 2.75) is 17.1 Å². The van der Waals surface area contributed by atoms with Crippen LogP contribution in [0.4, 0.5) is 10.1 Å². The molecule has 0 aliphatic heterocycles. The second-order valence-corrected chi connectivity index (χ2v) is 6.92. The van der Waals surface area contributed by atoms with Crippen LogP contribution in [0.1, 0.15) is 11.1 Å². The summed E-state index contributed by atoms with van der Waals surface area (Å²) in [7, 11) is 1.41. The smallest absolute Gasteiger partial charge is 0.228 e. The van der Waals surface area contributed by atoms with Crippen LogP contribution in [0.3, 0.4) is 0 Å². The second kappa shape index (κ2) is 9.19. The molecule has 0 radical (unpaired) electrons. The summed E-state index contributed by atoms with van der Waals surface area (Å²) in [6, 6.07) is 16.1. The van der Waals surface area contributed by atoms with Crippen LogP contribution < -0.4 is 10.1 Å². The third-order valence-electron chi connectivity index (χ3n) is 3.85. The molecule has 1 aromatic heterocycles. The van der Waals surface area contributed by atoms with Gasteiger partial charge in [-0.3, -0.25) is 9.78 Å². The molecule has 0 unspecified atom stereocenters. The SMILES string of the molecule is COc1ccc(CC(=O)Nc2ccc(SCc3cccnc3)cc2)cc1F. The number of benzene rings is 2. The molecule has 0 saturated heterocycles. The Hall–Kier alpha value is -2.86. The van der Waals surface area contributed by atoms with Gasteiger partial charge in [0.1, 0.15) is 0 Å². The van der Waals surface area contributed by atoms with E-state index in [1.54, 1.807) is 24.0 Å². The molecule has 0 aliphatic rings. The number of nitrogens with one attached hydrogen (secondary N) is 1. The van der Waals surface area contributed by atoms with Crippen LogP contribution in [0.15, 0.2) is 71.9 Å². The van der Waals surface area contributed by atoms with Gasteiger partial charge >= 0.3 is 0 Å². The molecule has 2 aromatic carbocycles. The summed E-state index contributed by atoms with van der Waals surface area (Å²) in [5.41, 5.74) is 2.46. The molecule has 1 amide bonds. The van der Waals surface area contributed by atoms with Crippen molar-refractivity contribution < 1.29 is 13.9 Å². The van der Waals surface area contributed by atoms with Gasteiger partial charge in [0.05, 0.1) is 13.5 Å². The Morgan fingerprint density at radius 2 is 1.96 bits per heavy atom. The fraction of sp³-hybridized carbons (Fsp3) is 0.143. The molecule has 0 aliphatic carbocycles. The van der Waals surface area contributed by atoms with Gasteiger partial charge in [0, 0.05) is 28.7 Å². The third-order valence-corrected chi connectivity index (χ3v) is 4.93. The molecule has 3 rings (SSSR count). The minimum atomic E-state index is -0.474. The highest BCUT2D eigenvalue weighted by atomic mass is 32.2. The quantitative estimate of drug-likeness (QED) is 0.602. The van der Waals surface area contributed by atoms with Crippen molar-refractivity contribution in [1.82, 2.24) is 4.98 Å². The molecular weight excluding hydrogens is 363 g/mol. The van der Waals surface area contributed by atoms with Gasteiger partial charge in [-0.2, -0.15) is 0 Å². The average molecular weight is 382 g/mol. The molecule has 0 saturated carbocycles. The number of thioether (sulfide) groups is 1. The number of aromatic nitrogens is 1. The predicted molar refractivity (Wildman–Crippen MR) is 106 cm³/mol. The van der Waals surface area contributed by atoms with E-state index >= 15 is 0 Å². The minimum Gasteiger partial charge on any atom is -0.494 e. The molecule has 27 heavy (non-hydrogen) atoms. The molecule has 0 fully saturated rings. The summed E-state index contributed by atoms with van der Waals surface area (Å²) in [5, 5.41) is 2.83. The summed E-state index contributed by atoms with van der Waals surface area (Å²) in [6.07, 6.45) is 3.70. The van der Waals surface area contributed by atoms with Crippen molar-refractivity contribution in [3.63, 3.8) is 0 Å². The van der Waals surface area contributed by atoms with Crippen LogP contribution in [0.2, 0.25) is 0 Å². The monoisotopic (exact) mass is 382 g/mol. The zero-order valence-electron chi connectivity index (χ0n) is 14.8. The lowest BCUT2D eigenvalue weighted by Gasteiger charge is -2.08. The molecule has 1 N–H and O–H groups in total. The van der Waals surface area contributed by atoms with E-state index in [2.05, 4.69) is 10.3 Å². The number of carbonyl (C=O) groups excluding carboxylic acids is 1. The average Bonchev–Trinajstić information content (AvgIpc) is 2.68. The number of hydrogen-bond donors (Lipinski definition) is 1. The van der Waals surface area contributed by atoms with Crippen LogP contribution in [0.25, 0.3) is 0 Å². The molecule has 6 heteroatoms. The third kappa shape index (κ3) is 5.56. The van der Waals surface area contributed by atoms with Crippen LogP contribution in [-0.2, 0) is 17.0 Å². The van der Waals surface area contributed by atoms with Crippen molar-refractivity contribution >= 4 is 23.4 Å². The largest absolute Gasteiger partial charge is 0.494 e. The van der Waals surface area contributed by atoms with E-state index in [-0.39, 0.29) is 18.1 Å². The van der Waals surface area contributed by atoms with Gasteiger partial charge in [-0.1, -0.05) is 12.1 Å². The molecular formula is C21H19FN2O2S. The Labute approximate surface area is 161 Å². The molecule has 0 atom stereocenters. The second-order valence-electron chi connectivity index (χ2n) is 5.87. The Morgan fingerprint density at radius 3 is 2.63 bits per heavy atom. The van der Waals surface area contributed by atoms with Gasteiger partial charge in [-0.05, 0) is 53.6 Å². The number of methoxy groups -OCH3 is 1. The molecule has 1 heterocycles. The van der Waals surface area contributed by atoms with E-state index < -0.39 is 5.82 Å². The normalized spacial score (nSPS) is 10.4. The van der Waals surface area contributed by atoms with Crippen molar-refractivity contribution in [2.24, 2.45) is 0 Å². The highest BCUT2D eigenvalue weighted by Crippen LogP contribution is 2.24. The number of anilines is 1. The minimum absolute atomic E-state index is 0.0957. The first-order chi connectivity index (χ1) is 13.1. The molecule has 4 nitrogen and oxygen atoms in total. The number of carbonyl (C=O) groups is 1. The van der Waals surface area contributed by atoms with E-state index in [1.807, 2.05) is 42.6 Å². The number of halogens is 1. The summed E-state index contributed by atoms with van der Waals surface area (Å²) >= 11 is 1.70. The first-order valence-corrected chi connectivity index (χ1v) is 9.36. The predicted octanol–water partition coefficient (Wildman–Crippen LogP) is 4.70. The highest BCUT2D eigenvalue weighted by molar-refractivity contribution is 7.98. The van der Waals surface area contributed by atoms with Crippen LogP contribution in [-0.4, -0.2) is 18.0 Å². The maximum atomic E-state index is 13.7. The summed E-state index contributed by atoms with van der Waals surface area (Å²) in [6.45, 7) is 0. The van der Waals surface area contributed by atoms with E-state index in [9.17, 15) is 9.18 Å². The van der Waals surface area contributed by atoms with Gasteiger partial charge in [0.25, 0.3) is 0 Å². The van der Waals surface area contributed by atoms with Crippen LogP contribution >= 0.6 is 11.8 Å². The lowest BCUT2D eigenvalue weighted by Crippen LogP contribution is -2.14.